The van der Waals surface area contributed by atoms with Gasteiger partial charge < -0.3 is 14.1 Å². The van der Waals surface area contributed by atoms with E-state index in [4.69, 9.17) is 9.15 Å². The highest BCUT2D eigenvalue weighted by Gasteiger charge is 2.21. The number of hydrogen-bond donors (Lipinski definition) is 1. The van der Waals surface area contributed by atoms with Crippen LogP contribution in [0.4, 0.5) is 0 Å². The number of furan rings is 1. The number of fused-ring (bicyclic) bond motifs is 1. The van der Waals surface area contributed by atoms with Crippen LogP contribution in [0.25, 0.3) is 28.3 Å². The lowest BCUT2D eigenvalue weighted by atomic mass is 10.1. The van der Waals surface area contributed by atoms with Gasteiger partial charge in [-0.3, -0.25) is 9.36 Å². The molecule has 0 bridgehead atoms. The highest BCUT2D eigenvalue weighted by molar-refractivity contribution is 5.72. The van der Waals surface area contributed by atoms with Crippen LogP contribution in [0.15, 0.2) is 88.4 Å². The van der Waals surface area contributed by atoms with Crippen LogP contribution in [0.1, 0.15) is 11.5 Å². The summed E-state index contributed by atoms with van der Waals surface area (Å²) in [5.41, 5.74) is 3.78. The Morgan fingerprint density at radius 1 is 1.00 bits per heavy atom. The van der Waals surface area contributed by atoms with Crippen molar-refractivity contribution < 1.29 is 9.15 Å². The number of aromatic amines is 1. The lowest BCUT2D eigenvalue weighted by molar-refractivity contribution is 0.415. The first-order valence-electron chi connectivity index (χ1n) is 9.59. The molecule has 0 spiro atoms. The Kier molecular flexibility index (Phi) is 4.44. The zero-order valence-corrected chi connectivity index (χ0v) is 16.3. The lowest BCUT2D eigenvalue weighted by Gasteiger charge is -2.13. The van der Waals surface area contributed by atoms with Gasteiger partial charge in [-0.2, -0.15) is 0 Å². The Bertz CT molecular complexity index is 1300. The number of benzene rings is 2. The van der Waals surface area contributed by atoms with E-state index in [2.05, 4.69) is 9.97 Å². The number of ether oxygens (including phenoxy) is 1. The lowest BCUT2D eigenvalue weighted by Crippen LogP contribution is -2.16. The van der Waals surface area contributed by atoms with Gasteiger partial charge in [0.25, 0.3) is 5.56 Å². The molecule has 6 nitrogen and oxygen atoms in total. The summed E-state index contributed by atoms with van der Waals surface area (Å²) in [4.78, 5) is 21.3. The highest BCUT2D eigenvalue weighted by atomic mass is 16.5. The maximum Gasteiger partial charge on any atom is 0.278 e. The molecule has 0 atom stereocenters. The number of H-pyrrole nitrogens is 1. The molecular formula is C24H19N3O3. The van der Waals surface area contributed by atoms with Gasteiger partial charge in [0.15, 0.2) is 5.82 Å². The molecule has 2 aliphatic heterocycles. The second-order valence-electron chi connectivity index (χ2n) is 6.95. The van der Waals surface area contributed by atoms with Crippen molar-refractivity contribution in [3.05, 3.63) is 101 Å². The Balaban J connectivity index is 1.72. The van der Waals surface area contributed by atoms with E-state index in [9.17, 15) is 4.79 Å². The summed E-state index contributed by atoms with van der Waals surface area (Å²) in [6.07, 6.45) is 3.74. The molecule has 3 aromatic rings. The summed E-state index contributed by atoms with van der Waals surface area (Å²) in [7, 11) is 1.63. The number of aromatic nitrogens is 3. The average Bonchev–Trinajstić information content (AvgIpc) is 3.42. The molecule has 0 amide bonds. The van der Waals surface area contributed by atoms with Gasteiger partial charge in [0, 0.05) is 11.8 Å². The van der Waals surface area contributed by atoms with Gasteiger partial charge in [-0.25, -0.2) is 4.98 Å². The van der Waals surface area contributed by atoms with E-state index in [-0.39, 0.29) is 5.56 Å². The SMILES string of the molecule is COc1ccc(-c2[nH]c(-c3ccccc3)cn3c(=O)c(Cc4ccco4)nc2-3)cc1. The fourth-order valence-corrected chi connectivity index (χ4v) is 3.53. The quantitative estimate of drug-likeness (QED) is 0.473. The van der Waals surface area contributed by atoms with Crippen LogP contribution in [0.3, 0.4) is 0 Å². The normalized spacial score (nSPS) is 11.1. The van der Waals surface area contributed by atoms with E-state index >= 15 is 0 Å². The van der Waals surface area contributed by atoms with Crippen LogP contribution in [-0.2, 0) is 6.42 Å². The molecule has 1 N–H and O–H groups in total. The minimum atomic E-state index is -0.151. The maximum absolute atomic E-state index is 13.1. The van der Waals surface area contributed by atoms with E-state index in [0.29, 0.717) is 23.7 Å². The number of nitrogens with one attached hydrogen (secondary N) is 1. The molecule has 0 radical (unpaired) electrons. The highest BCUT2D eigenvalue weighted by Crippen LogP contribution is 2.29. The molecule has 5 rings (SSSR count). The van der Waals surface area contributed by atoms with Gasteiger partial charge in [-0.05, 0) is 42.0 Å². The second-order valence-corrected chi connectivity index (χ2v) is 6.95. The molecule has 6 heteroatoms. The number of imidazole rings is 1. The first-order chi connectivity index (χ1) is 14.7. The monoisotopic (exact) mass is 397 g/mol. The fourth-order valence-electron chi connectivity index (χ4n) is 3.53. The molecule has 3 heterocycles. The molecule has 0 unspecified atom stereocenters. The number of nitrogens with zero attached hydrogens (tertiary/aromatic N) is 2. The minimum absolute atomic E-state index is 0.151. The second kappa shape index (κ2) is 7.40. The van der Waals surface area contributed by atoms with Crippen molar-refractivity contribution in [2.24, 2.45) is 0 Å². The molecule has 2 aliphatic rings. The summed E-state index contributed by atoms with van der Waals surface area (Å²) in [6.45, 7) is 0. The largest absolute Gasteiger partial charge is 0.497 e. The molecule has 2 aromatic carbocycles. The zero-order chi connectivity index (χ0) is 20.5. The Morgan fingerprint density at radius 3 is 2.50 bits per heavy atom. The van der Waals surface area contributed by atoms with Crippen molar-refractivity contribution in [2.75, 3.05) is 7.11 Å². The summed E-state index contributed by atoms with van der Waals surface area (Å²) in [6, 6.07) is 21.2. The van der Waals surface area contributed by atoms with E-state index in [1.165, 1.54) is 0 Å². The van der Waals surface area contributed by atoms with Crippen molar-refractivity contribution in [1.82, 2.24) is 14.5 Å². The van der Waals surface area contributed by atoms with Crippen LogP contribution >= 0.6 is 0 Å². The average molecular weight is 397 g/mol. The smallest absolute Gasteiger partial charge is 0.278 e. The van der Waals surface area contributed by atoms with Gasteiger partial charge >= 0.3 is 0 Å². The summed E-state index contributed by atoms with van der Waals surface area (Å²) < 4.78 is 12.3. The first-order valence-corrected chi connectivity index (χ1v) is 9.59. The summed E-state index contributed by atoms with van der Waals surface area (Å²) in [5.74, 6) is 2.04. The van der Waals surface area contributed by atoms with E-state index in [0.717, 1.165) is 28.3 Å². The van der Waals surface area contributed by atoms with Crippen molar-refractivity contribution in [3.63, 3.8) is 0 Å². The van der Waals surface area contributed by atoms with Gasteiger partial charge in [-0.1, -0.05) is 30.3 Å². The molecule has 30 heavy (non-hydrogen) atoms. The van der Waals surface area contributed by atoms with Crippen molar-refractivity contribution in [3.8, 4) is 34.1 Å². The maximum atomic E-state index is 13.1. The third-order valence-electron chi connectivity index (χ3n) is 5.06. The van der Waals surface area contributed by atoms with E-state index < -0.39 is 0 Å². The minimum Gasteiger partial charge on any atom is -0.497 e. The van der Waals surface area contributed by atoms with E-state index in [1.54, 1.807) is 30.2 Å². The van der Waals surface area contributed by atoms with Gasteiger partial charge in [0.1, 0.15) is 17.2 Å². The van der Waals surface area contributed by atoms with Crippen LogP contribution in [0, 0.1) is 0 Å². The van der Waals surface area contributed by atoms with Crippen molar-refractivity contribution in [1.29, 1.82) is 0 Å². The van der Waals surface area contributed by atoms with Crippen LogP contribution < -0.4 is 10.3 Å². The molecule has 0 saturated carbocycles. The number of rotatable bonds is 5. The molecule has 0 aliphatic carbocycles. The summed E-state index contributed by atoms with van der Waals surface area (Å²) >= 11 is 0. The van der Waals surface area contributed by atoms with Gasteiger partial charge in [0.2, 0.25) is 0 Å². The molecule has 0 saturated heterocycles. The topological polar surface area (TPSA) is 73.0 Å². The molecule has 1 aromatic heterocycles. The van der Waals surface area contributed by atoms with Crippen LogP contribution in [-0.4, -0.2) is 21.6 Å². The van der Waals surface area contributed by atoms with Gasteiger partial charge in [0.05, 0.1) is 31.2 Å². The molecular weight excluding hydrogens is 378 g/mol. The van der Waals surface area contributed by atoms with Gasteiger partial charge in [-0.15, -0.1) is 0 Å². The third-order valence-corrected chi connectivity index (χ3v) is 5.06. The Hall–Kier alpha value is -4.06. The third kappa shape index (κ3) is 3.18. The summed E-state index contributed by atoms with van der Waals surface area (Å²) in [5, 5.41) is 0. The standard InChI is InChI=1S/C24H19N3O3/c1-29-18-11-9-17(10-12-18)22-23-26-20(14-19-8-5-13-30-19)24(28)27(23)15-21(25-22)16-6-3-2-4-7-16/h2-13,15,25H,14H2,1H3. The molecule has 148 valence electrons. The van der Waals surface area contributed by atoms with Crippen molar-refractivity contribution in [2.45, 2.75) is 6.42 Å². The predicted octanol–water partition coefficient (Wildman–Crippen LogP) is 4.52. The number of methoxy groups -OCH3 is 1. The predicted molar refractivity (Wildman–Crippen MR) is 114 cm³/mol. The first kappa shape index (κ1) is 18.0. The molecule has 0 fully saturated rings. The Morgan fingerprint density at radius 2 is 1.80 bits per heavy atom. The van der Waals surface area contributed by atoms with Crippen LogP contribution in [0.2, 0.25) is 0 Å². The fraction of sp³-hybridized carbons (Fsp3) is 0.0833. The van der Waals surface area contributed by atoms with Crippen molar-refractivity contribution >= 4 is 0 Å². The van der Waals surface area contributed by atoms with E-state index in [1.807, 2.05) is 60.7 Å². The zero-order valence-electron chi connectivity index (χ0n) is 16.3. The Labute approximate surface area is 172 Å². The number of hydrogen-bond acceptors (Lipinski definition) is 4. The van der Waals surface area contributed by atoms with Crippen LogP contribution in [0.5, 0.6) is 5.75 Å².